The third-order valence-electron chi connectivity index (χ3n) is 5.01. The van der Waals surface area contributed by atoms with Gasteiger partial charge in [-0.15, -0.1) is 0 Å². The topological polar surface area (TPSA) is 40.6 Å². The lowest BCUT2D eigenvalue weighted by Crippen LogP contribution is -2.48. The van der Waals surface area contributed by atoms with Crippen molar-refractivity contribution in [3.8, 4) is 0 Å². The molecule has 0 spiro atoms. The Morgan fingerprint density at radius 1 is 1.00 bits per heavy atom. The van der Waals surface area contributed by atoms with Crippen molar-refractivity contribution in [3.05, 3.63) is 23.1 Å². The highest BCUT2D eigenvalue weighted by molar-refractivity contribution is 7.93. The van der Waals surface area contributed by atoms with Crippen molar-refractivity contribution in [1.82, 2.24) is 9.21 Å². The Hall–Kier alpha value is -0.650. The second-order valence-electron chi connectivity index (χ2n) is 6.54. The zero-order chi connectivity index (χ0) is 16.2. The first-order valence-electron chi connectivity index (χ1n) is 8.52. The molecule has 22 heavy (non-hydrogen) atoms. The van der Waals surface area contributed by atoms with Gasteiger partial charge in [0.15, 0.2) is 0 Å². The van der Waals surface area contributed by atoms with Crippen LogP contribution in [0.3, 0.4) is 0 Å². The minimum Gasteiger partial charge on any atom is -0.300 e. The Morgan fingerprint density at radius 2 is 1.59 bits per heavy atom. The van der Waals surface area contributed by atoms with Crippen molar-refractivity contribution in [2.75, 3.05) is 26.2 Å². The van der Waals surface area contributed by atoms with Crippen LogP contribution < -0.4 is 0 Å². The fraction of sp³-hybridized carbons (Fsp3) is 0.765. The van der Waals surface area contributed by atoms with E-state index < -0.39 is 10.0 Å². The molecule has 2 heterocycles. The van der Waals surface area contributed by atoms with Gasteiger partial charge < -0.3 is 4.90 Å². The summed E-state index contributed by atoms with van der Waals surface area (Å²) in [4.78, 5) is 2.99. The SMILES string of the molecule is C/C=C\C(=C/C)S(=O)(=O)N1CCC(N2CCC(C)CC2)CC1. The molecule has 0 radical (unpaired) electrons. The van der Waals surface area contributed by atoms with Crippen LogP contribution in [0.4, 0.5) is 0 Å². The van der Waals surface area contributed by atoms with Crippen LogP contribution in [-0.2, 0) is 10.0 Å². The van der Waals surface area contributed by atoms with E-state index in [-0.39, 0.29) is 0 Å². The fourth-order valence-electron chi connectivity index (χ4n) is 3.49. The van der Waals surface area contributed by atoms with Gasteiger partial charge >= 0.3 is 0 Å². The number of allylic oxidation sites excluding steroid dienone is 3. The molecule has 0 aromatic heterocycles. The van der Waals surface area contributed by atoms with Crippen LogP contribution in [0.2, 0.25) is 0 Å². The minimum atomic E-state index is -3.31. The highest BCUT2D eigenvalue weighted by Crippen LogP contribution is 2.26. The molecule has 0 unspecified atom stereocenters. The third-order valence-corrected chi connectivity index (χ3v) is 7.02. The highest BCUT2D eigenvalue weighted by Gasteiger charge is 2.32. The van der Waals surface area contributed by atoms with Crippen LogP contribution >= 0.6 is 0 Å². The van der Waals surface area contributed by atoms with E-state index in [2.05, 4.69) is 11.8 Å². The smallest absolute Gasteiger partial charge is 0.242 e. The van der Waals surface area contributed by atoms with Crippen molar-refractivity contribution >= 4 is 10.0 Å². The number of rotatable bonds is 4. The summed E-state index contributed by atoms with van der Waals surface area (Å²) in [6.07, 6.45) is 9.64. The maximum absolute atomic E-state index is 12.6. The summed E-state index contributed by atoms with van der Waals surface area (Å²) in [7, 11) is -3.31. The van der Waals surface area contributed by atoms with Crippen molar-refractivity contribution in [3.63, 3.8) is 0 Å². The molecule has 0 atom stereocenters. The first kappa shape index (κ1) is 17.7. The Labute approximate surface area is 135 Å². The normalized spacial score (nSPS) is 25.1. The Kier molecular flexibility index (Phi) is 6.24. The molecular formula is C17H30N2O2S. The van der Waals surface area contributed by atoms with Crippen LogP contribution in [0.25, 0.3) is 0 Å². The molecule has 5 heteroatoms. The Morgan fingerprint density at radius 3 is 2.09 bits per heavy atom. The molecule has 0 aromatic rings. The van der Waals surface area contributed by atoms with E-state index in [0.29, 0.717) is 24.0 Å². The molecule has 0 N–H and O–H groups in total. The molecule has 0 bridgehead atoms. The maximum atomic E-state index is 12.6. The zero-order valence-electron chi connectivity index (χ0n) is 14.2. The third kappa shape index (κ3) is 4.00. The number of piperidine rings is 2. The van der Waals surface area contributed by atoms with Crippen molar-refractivity contribution in [2.24, 2.45) is 5.92 Å². The zero-order valence-corrected chi connectivity index (χ0v) is 15.0. The van der Waals surface area contributed by atoms with E-state index in [0.717, 1.165) is 18.8 Å². The first-order valence-corrected chi connectivity index (χ1v) is 9.96. The molecule has 0 aliphatic carbocycles. The first-order chi connectivity index (χ1) is 10.5. The lowest BCUT2D eigenvalue weighted by Gasteiger charge is -2.41. The summed E-state index contributed by atoms with van der Waals surface area (Å²) in [5.41, 5.74) is 0. The summed E-state index contributed by atoms with van der Waals surface area (Å²) in [6.45, 7) is 9.61. The summed E-state index contributed by atoms with van der Waals surface area (Å²) in [5, 5.41) is 0. The quantitative estimate of drug-likeness (QED) is 0.746. The standard InChI is InChI=1S/C17H30N2O2S/c1-4-6-17(5-2)22(20,21)19-13-9-16(10-14-19)18-11-7-15(3)8-12-18/h4-6,15-16H,7-14H2,1-3H3/b6-4-,17-5+. The molecule has 0 saturated carbocycles. The van der Waals surface area contributed by atoms with E-state index in [1.165, 1.54) is 25.9 Å². The largest absolute Gasteiger partial charge is 0.300 e. The predicted octanol–water partition coefficient (Wildman–Crippen LogP) is 2.99. The van der Waals surface area contributed by atoms with E-state index in [4.69, 9.17) is 0 Å². The van der Waals surface area contributed by atoms with Crippen molar-refractivity contribution in [1.29, 1.82) is 0 Å². The van der Waals surface area contributed by atoms with Crippen LogP contribution in [-0.4, -0.2) is 49.8 Å². The highest BCUT2D eigenvalue weighted by atomic mass is 32.2. The van der Waals surface area contributed by atoms with E-state index in [1.807, 2.05) is 6.92 Å². The van der Waals surface area contributed by atoms with Gasteiger partial charge in [-0.2, -0.15) is 4.31 Å². The average molecular weight is 327 g/mol. The molecule has 2 aliphatic heterocycles. The molecule has 0 aromatic carbocycles. The van der Waals surface area contributed by atoms with Gasteiger partial charge in [0.25, 0.3) is 0 Å². The van der Waals surface area contributed by atoms with E-state index >= 15 is 0 Å². The predicted molar refractivity (Wildman–Crippen MR) is 92.1 cm³/mol. The Balaban J connectivity index is 1.94. The van der Waals surface area contributed by atoms with Gasteiger partial charge in [-0.25, -0.2) is 8.42 Å². The maximum Gasteiger partial charge on any atom is 0.242 e. The van der Waals surface area contributed by atoms with Crippen LogP contribution in [0.15, 0.2) is 23.1 Å². The van der Waals surface area contributed by atoms with Gasteiger partial charge in [0.05, 0.1) is 4.91 Å². The number of hydrogen-bond donors (Lipinski definition) is 0. The number of nitrogens with zero attached hydrogens (tertiary/aromatic N) is 2. The summed E-state index contributed by atoms with van der Waals surface area (Å²) in [5.74, 6) is 0.842. The summed E-state index contributed by atoms with van der Waals surface area (Å²) in [6, 6.07) is 0.565. The second kappa shape index (κ2) is 7.75. The number of sulfonamides is 1. The molecule has 126 valence electrons. The fourth-order valence-corrected chi connectivity index (χ4v) is 5.08. The minimum absolute atomic E-state index is 0.417. The molecule has 2 aliphatic rings. The average Bonchev–Trinajstić information content (AvgIpc) is 2.53. The van der Waals surface area contributed by atoms with Gasteiger partial charge in [0, 0.05) is 19.1 Å². The lowest BCUT2D eigenvalue weighted by atomic mass is 9.95. The van der Waals surface area contributed by atoms with Gasteiger partial charge in [0.2, 0.25) is 10.0 Å². The van der Waals surface area contributed by atoms with E-state index in [9.17, 15) is 8.42 Å². The summed E-state index contributed by atoms with van der Waals surface area (Å²) >= 11 is 0. The van der Waals surface area contributed by atoms with Crippen molar-refractivity contribution in [2.45, 2.75) is 52.5 Å². The molecule has 2 rings (SSSR count). The molecule has 4 nitrogen and oxygen atoms in total. The molecule has 2 fully saturated rings. The molecule has 0 amide bonds. The second-order valence-corrected chi connectivity index (χ2v) is 8.48. The van der Waals surface area contributed by atoms with Crippen LogP contribution in [0, 0.1) is 5.92 Å². The van der Waals surface area contributed by atoms with Gasteiger partial charge in [-0.3, -0.25) is 0 Å². The lowest BCUT2D eigenvalue weighted by molar-refractivity contribution is 0.101. The van der Waals surface area contributed by atoms with Gasteiger partial charge in [-0.05, 0) is 64.6 Å². The van der Waals surface area contributed by atoms with Gasteiger partial charge in [0.1, 0.15) is 0 Å². The van der Waals surface area contributed by atoms with Crippen LogP contribution in [0.5, 0.6) is 0 Å². The number of likely N-dealkylation sites (tertiary alicyclic amines) is 1. The van der Waals surface area contributed by atoms with Crippen LogP contribution in [0.1, 0.15) is 46.5 Å². The monoisotopic (exact) mass is 326 g/mol. The summed E-state index contributed by atoms with van der Waals surface area (Å²) < 4.78 is 26.9. The molecular weight excluding hydrogens is 296 g/mol. The molecule has 2 saturated heterocycles. The van der Waals surface area contributed by atoms with Gasteiger partial charge in [-0.1, -0.05) is 19.1 Å². The number of hydrogen-bond acceptors (Lipinski definition) is 3. The van der Waals surface area contributed by atoms with E-state index in [1.54, 1.807) is 29.5 Å². The van der Waals surface area contributed by atoms with Crippen molar-refractivity contribution < 1.29 is 8.42 Å². The Bertz CT molecular complexity index is 509.